The van der Waals surface area contributed by atoms with Crippen LogP contribution in [0.1, 0.15) is 16.8 Å². The summed E-state index contributed by atoms with van der Waals surface area (Å²) < 4.78 is 36.6. The Morgan fingerprint density at radius 3 is 2.45 bits per heavy atom. The first-order valence-corrected chi connectivity index (χ1v) is 15.9. The average Bonchev–Trinajstić information content (AvgIpc) is 2.98. The van der Waals surface area contributed by atoms with Gasteiger partial charge in [-0.2, -0.15) is 0 Å². The fraction of sp³-hybridized carbons (Fsp3) is 0.194. The van der Waals surface area contributed by atoms with E-state index >= 15 is 0 Å². The molecule has 230 valence electrons. The summed E-state index contributed by atoms with van der Waals surface area (Å²) in [6.07, 6.45) is 3.87. The molecule has 0 radical (unpaired) electrons. The van der Waals surface area contributed by atoms with Crippen LogP contribution in [-0.2, 0) is 26.2 Å². The predicted octanol–water partition coefficient (Wildman–Crippen LogP) is 5.60. The van der Waals surface area contributed by atoms with Crippen LogP contribution in [0.5, 0.6) is 11.5 Å². The van der Waals surface area contributed by atoms with E-state index in [1.165, 1.54) is 11.0 Å². The minimum Gasteiger partial charge on any atom is -0.496 e. The van der Waals surface area contributed by atoms with E-state index in [4.69, 9.17) is 32.7 Å². The Labute approximate surface area is 265 Å². The number of rotatable bonds is 11. The minimum absolute atomic E-state index is 0.0113. The van der Waals surface area contributed by atoms with Crippen LogP contribution in [0.4, 0.5) is 11.4 Å². The van der Waals surface area contributed by atoms with Crippen LogP contribution in [0.3, 0.4) is 0 Å². The van der Waals surface area contributed by atoms with Gasteiger partial charge in [0.15, 0.2) is 0 Å². The lowest BCUT2D eigenvalue weighted by Crippen LogP contribution is -2.37. The number of benzene rings is 3. The van der Waals surface area contributed by atoms with Crippen molar-refractivity contribution in [1.82, 2.24) is 10.3 Å². The molecular formula is C31H30Cl2N4O6S. The van der Waals surface area contributed by atoms with E-state index in [9.17, 15) is 18.0 Å². The molecule has 0 bridgehead atoms. The normalized spacial score (nSPS) is 11.4. The molecule has 0 atom stereocenters. The summed E-state index contributed by atoms with van der Waals surface area (Å²) in [5, 5.41) is 3.94. The predicted molar refractivity (Wildman–Crippen MR) is 174 cm³/mol. The molecule has 4 aromatic rings. The number of hydrogen-bond acceptors (Lipinski definition) is 7. The molecule has 44 heavy (non-hydrogen) atoms. The summed E-state index contributed by atoms with van der Waals surface area (Å²) in [5.41, 5.74) is 3.33. The number of anilines is 2. The molecule has 0 aliphatic carbocycles. The fourth-order valence-corrected chi connectivity index (χ4v) is 5.42. The van der Waals surface area contributed by atoms with Gasteiger partial charge in [-0.25, -0.2) is 13.4 Å². The maximum atomic E-state index is 12.9. The van der Waals surface area contributed by atoms with E-state index in [2.05, 4.69) is 15.0 Å². The van der Waals surface area contributed by atoms with Crippen LogP contribution in [-0.4, -0.2) is 52.2 Å². The molecule has 0 saturated heterocycles. The number of para-hydroxylation sites is 1. The number of nitrogens with zero attached hydrogens (tertiary/aromatic N) is 2. The van der Waals surface area contributed by atoms with Crippen LogP contribution in [0, 0.1) is 6.92 Å². The Hall–Kier alpha value is -4.32. The largest absolute Gasteiger partial charge is 0.496 e. The highest BCUT2D eigenvalue weighted by Gasteiger charge is 2.19. The quantitative estimate of drug-likeness (QED) is 0.201. The number of hydrogen-bond donors (Lipinski definition) is 2. The van der Waals surface area contributed by atoms with E-state index in [0.717, 1.165) is 17.3 Å². The van der Waals surface area contributed by atoms with E-state index in [0.29, 0.717) is 44.5 Å². The molecule has 0 saturated carbocycles. The first-order valence-electron chi connectivity index (χ1n) is 13.2. The summed E-state index contributed by atoms with van der Waals surface area (Å²) in [4.78, 5) is 31.2. The SMILES string of the molecule is COc1cc(C)nc2c(OCc3c(Cl)ccc(N(C)C(=O)CNC(=O)C=Cc4ccc(NS(C)(=O)=O)cc4)c3Cl)cccc12. The topological polar surface area (TPSA) is 127 Å². The molecule has 4 rings (SSSR count). The van der Waals surface area contributed by atoms with E-state index in [-0.39, 0.29) is 18.2 Å². The third-order valence-electron chi connectivity index (χ3n) is 6.44. The zero-order valence-electron chi connectivity index (χ0n) is 24.4. The standard InChI is InChI=1S/C31H30Cl2N4O6S/c1-19-16-27(42-3)22-6-5-7-26(31(22)35-19)43-18-23-24(32)13-14-25(30(23)33)37(2)29(39)17-34-28(38)15-10-20-8-11-21(12-9-20)36-44(4,40)41/h5-16,36H,17-18H2,1-4H3,(H,34,38). The van der Waals surface area contributed by atoms with Crippen LogP contribution in [0.15, 0.2) is 66.7 Å². The van der Waals surface area contributed by atoms with Gasteiger partial charge in [-0.1, -0.05) is 41.4 Å². The summed E-state index contributed by atoms with van der Waals surface area (Å²) in [6, 6.07) is 17.0. The Kier molecular flexibility index (Phi) is 10.4. The van der Waals surface area contributed by atoms with Gasteiger partial charge in [0.1, 0.15) is 23.6 Å². The number of halogens is 2. The first-order chi connectivity index (χ1) is 20.9. The fourth-order valence-electron chi connectivity index (χ4n) is 4.25. The Morgan fingerprint density at radius 2 is 1.77 bits per heavy atom. The van der Waals surface area contributed by atoms with Gasteiger partial charge in [-0.15, -0.1) is 0 Å². The third-order valence-corrected chi connectivity index (χ3v) is 7.82. The molecule has 1 heterocycles. The van der Waals surface area contributed by atoms with Crippen molar-refractivity contribution in [1.29, 1.82) is 0 Å². The lowest BCUT2D eigenvalue weighted by atomic mass is 10.1. The molecule has 0 fully saturated rings. The number of sulfonamides is 1. The zero-order chi connectivity index (χ0) is 32.0. The van der Waals surface area contributed by atoms with Crippen LogP contribution < -0.4 is 24.4 Å². The smallest absolute Gasteiger partial charge is 0.246 e. The second kappa shape index (κ2) is 14.0. The van der Waals surface area contributed by atoms with Gasteiger partial charge in [0.2, 0.25) is 21.8 Å². The monoisotopic (exact) mass is 656 g/mol. The summed E-state index contributed by atoms with van der Waals surface area (Å²) in [5.74, 6) is 0.289. The molecule has 0 unspecified atom stereocenters. The van der Waals surface area contributed by atoms with Crippen LogP contribution in [0.2, 0.25) is 10.0 Å². The molecule has 3 aromatic carbocycles. The number of amides is 2. The van der Waals surface area contributed by atoms with Gasteiger partial charge >= 0.3 is 0 Å². The molecular weight excluding hydrogens is 627 g/mol. The van der Waals surface area contributed by atoms with E-state index in [1.54, 1.807) is 62.7 Å². The minimum atomic E-state index is -3.39. The van der Waals surface area contributed by atoms with Crippen molar-refractivity contribution in [3.8, 4) is 11.5 Å². The van der Waals surface area contributed by atoms with Crippen molar-refractivity contribution >= 4 is 73.4 Å². The van der Waals surface area contributed by atoms with Gasteiger partial charge in [0, 0.05) is 46.5 Å². The first kappa shape index (κ1) is 32.6. The number of ether oxygens (including phenoxy) is 2. The summed E-state index contributed by atoms with van der Waals surface area (Å²) in [6.45, 7) is 1.59. The lowest BCUT2D eigenvalue weighted by Gasteiger charge is -2.21. The van der Waals surface area contributed by atoms with Gasteiger partial charge in [-0.3, -0.25) is 14.3 Å². The Balaban J connectivity index is 1.40. The van der Waals surface area contributed by atoms with Gasteiger partial charge < -0.3 is 19.7 Å². The van der Waals surface area contributed by atoms with Crippen molar-refractivity contribution in [3.05, 3.63) is 93.6 Å². The number of nitrogens with one attached hydrogen (secondary N) is 2. The second-order valence-electron chi connectivity index (χ2n) is 9.77. The molecule has 2 N–H and O–H groups in total. The van der Waals surface area contributed by atoms with Gasteiger partial charge in [-0.05, 0) is 55.0 Å². The Morgan fingerprint density at radius 1 is 1.05 bits per heavy atom. The number of carbonyl (C=O) groups is 2. The van der Waals surface area contributed by atoms with Crippen LogP contribution in [0.25, 0.3) is 17.0 Å². The summed E-state index contributed by atoms with van der Waals surface area (Å²) >= 11 is 13.2. The molecule has 0 aliphatic heterocycles. The number of carbonyl (C=O) groups excluding carboxylic acids is 2. The zero-order valence-corrected chi connectivity index (χ0v) is 26.7. The average molecular weight is 658 g/mol. The molecule has 0 aliphatic rings. The van der Waals surface area contributed by atoms with Crippen molar-refractivity contribution in [2.75, 3.05) is 36.6 Å². The lowest BCUT2D eigenvalue weighted by molar-refractivity contribution is -0.122. The van der Waals surface area contributed by atoms with Crippen molar-refractivity contribution in [2.24, 2.45) is 0 Å². The number of likely N-dealkylation sites (N-methyl/N-ethyl adjacent to an activating group) is 1. The molecule has 0 spiro atoms. The molecule has 10 nitrogen and oxygen atoms in total. The number of aryl methyl sites for hydroxylation is 1. The number of pyridine rings is 1. The highest BCUT2D eigenvalue weighted by molar-refractivity contribution is 7.92. The number of methoxy groups -OCH3 is 1. The maximum Gasteiger partial charge on any atom is 0.246 e. The second-order valence-corrected chi connectivity index (χ2v) is 12.3. The molecule has 2 amide bonds. The highest BCUT2D eigenvalue weighted by Crippen LogP contribution is 2.36. The van der Waals surface area contributed by atoms with E-state index < -0.39 is 21.8 Å². The van der Waals surface area contributed by atoms with Crippen molar-refractivity contribution < 1.29 is 27.5 Å². The van der Waals surface area contributed by atoms with Crippen LogP contribution >= 0.6 is 23.2 Å². The number of fused-ring (bicyclic) bond motifs is 1. The van der Waals surface area contributed by atoms with Gasteiger partial charge in [0.25, 0.3) is 0 Å². The molecule has 13 heteroatoms. The maximum absolute atomic E-state index is 12.9. The third kappa shape index (κ3) is 8.19. The summed E-state index contributed by atoms with van der Waals surface area (Å²) in [7, 11) is -0.251. The van der Waals surface area contributed by atoms with Crippen molar-refractivity contribution in [2.45, 2.75) is 13.5 Å². The number of aromatic nitrogens is 1. The van der Waals surface area contributed by atoms with E-state index in [1.807, 2.05) is 25.1 Å². The Bertz CT molecular complexity index is 1850. The van der Waals surface area contributed by atoms with Gasteiger partial charge in [0.05, 0.1) is 30.6 Å². The highest BCUT2D eigenvalue weighted by atomic mass is 35.5. The molecule has 1 aromatic heterocycles. The van der Waals surface area contributed by atoms with Crippen molar-refractivity contribution in [3.63, 3.8) is 0 Å².